The molecular weight excluding hydrogens is 520 g/mol. The lowest BCUT2D eigenvalue weighted by Gasteiger charge is -2.18. The summed E-state index contributed by atoms with van der Waals surface area (Å²) in [5, 5.41) is 9.74. The molecule has 4 rings (SSSR count). The molecule has 0 saturated carbocycles. The molecule has 0 aliphatic carbocycles. The van der Waals surface area contributed by atoms with Gasteiger partial charge in [0.15, 0.2) is 18.1 Å². The van der Waals surface area contributed by atoms with Crippen molar-refractivity contribution in [2.45, 2.75) is 12.5 Å². The Kier molecular flexibility index (Phi) is 10.2. The zero-order chi connectivity index (χ0) is 28.9. The average molecular weight is 551 g/mol. The first-order valence-electron chi connectivity index (χ1n) is 12.9. The highest BCUT2D eigenvalue weighted by molar-refractivity contribution is 5.95. The Morgan fingerprint density at radius 2 is 1.46 bits per heavy atom. The summed E-state index contributed by atoms with van der Waals surface area (Å²) >= 11 is 0. The number of benzene rings is 4. The summed E-state index contributed by atoms with van der Waals surface area (Å²) in [5.41, 5.74) is 5.13. The Morgan fingerprint density at radius 3 is 2.15 bits per heavy atom. The van der Waals surface area contributed by atoms with Crippen LogP contribution in [0.3, 0.4) is 0 Å². The van der Waals surface area contributed by atoms with Crippen LogP contribution in [0.15, 0.2) is 114 Å². The Balaban J connectivity index is 1.33. The van der Waals surface area contributed by atoms with E-state index in [9.17, 15) is 14.4 Å². The maximum atomic E-state index is 12.7. The number of hydrogen-bond acceptors (Lipinski definition) is 6. The third-order valence-corrected chi connectivity index (χ3v) is 5.94. The minimum absolute atomic E-state index is 0.0128. The highest BCUT2D eigenvalue weighted by atomic mass is 16.5. The van der Waals surface area contributed by atoms with E-state index in [-0.39, 0.29) is 30.7 Å². The largest absolute Gasteiger partial charge is 0.493 e. The van der Waals surface area contributed by atoms with Crippen molar-refractivity contribution in [3.63, 3.8) is 0 Å². The van der Waals surface area contributed by atoms with Crippen LogP contribution in [0, 0.1) is 0 Å². The van der Waals surface area contributed by atoms with Gasteiger partial charge in [-0.05, 0) is 53.6 Å². The van der Waals surface area contributed by atoms with Crippen LogP contribution in [0.1, 0.15) is 33.9 Å². The van der Waals surface area contributed by atoms with Crippen LogP contribution in [0.25, 0.3) is 0 Å². The average Bonchev–Trinajstić information content (AvgIpc) is 3.01. The number of amides is 3. The molecule has 9 heteroatoms. The van der Waals surface area contributed by atoms with Gasteiger partial charge < -0.3 is 20.1 Å². The van der Waals surface area contributed by atoms with E-state index in [4.69, 9.17) is 9.47 Å². The highest BCUT2D eigenvalue weighted by Gasteiger charge is 2.19. The van der Waals surface area contributed by atoms with E-state index in [2.05, 4.69) is 21.2 Å². The summed E-state index contributed by atoms with van der Waals surface area (Å²) in [7, 11) is 1.49. The number of anilines is 1. The molecule has 4 aromatic carbocycles. The van der Waals surface area contributed by atoms with E-state index in [1.807, 2.05) is 54.6 Å². The fourth-order valence-electron chi connectivity index (χ4n) is 3.92. The number of hydrazone groups is 1. The van der Waals surface area contributed by atoms with E-state index in [0.29, 0.717) is 28.3 Å². The Hall–Kier alpha value is -5.44. The zero-order valence-corrected chi connectivity index (χ0v) is 22.4. The molecule has 0 heterocycles. The van der Waals surface area contributed by atoms with Crippen LogP contribution in [0.2, 0.25) is 0 Å². The van der Waals surface area contributed by atoms with Gasteiger partial charge in [0, 0.05) is 11.3 Å². The molecule has 41 heavy (non-hydrogen) atoms. The number of para-hydroxylation sites is 1. The molecule has 3 amide bonds. The molecular formula is C32H30N4O5. The third-order valence-electron chi connectivity index (χ3n) is 5.94. The molecule has 208 valence electrons. The van der Waals surface area contributed by atoms with E-state index in [1.165, 1.54) is 13.3 Å². The second-order valence-electron chi connectivity index (χ2n) is 8.91. The number of nitrogens with zero attached hydrogens (tertiary/aromatic N) is 1. The van der Waals surface area contributed by atoms with Crippen molar-refractivity contribution in [2.75, 3.05) is 19.0 Å². The summed E-state index contributed by atoms with van der Waals surface area (Å²) in [6.07, 6.45) is 1.45. The van der Waals surface area contributed by atoms with Gasteiger partial charge >= 0.3 is 0 Å². The number of carbonyl (C=O) groups is 3. The van der Waals surface area contributed by atoms with Crippen molar-refractivity contribution in [1.82, 2.24) is 10.7 Å². The van der Waals surface area contributed by atoms with Gasteiger partial charge in [0.1, 0.15) is 0 Å². The standard InChI is InChI=1S/C32H30N4O5/c1-40-29-19-23(17-18-28(29)41-22-31(38)34-26-15-9-4-10-16-26)21-33-36-30(37)20-27(24-11-5-2-6-12-24)35-32(39)25-13-7-3-8-14-25/h2-19,21,27H,20,22H2,1H3,(H,34,38)(H,35,39)(H,36,37)/b33-21-/t27-/m1/s1. The van der Waals surface area contributed by atoms with E-state index in [1.54, 1.807) is 54.6 Å². The maximum absolute atomic E-state index is 12.7. The lowest BCUT2D eigenvalue weighted by molar-refractivity contribution is -0.121. The second kappa shape index (κ2) is 14.6. The van der Waals surface area contributed by atoms with Gasteiger partial charge in [-0.1, -0.05) is 66.7 Å². The van der Waals surface area contributed by atoms with Crippen LogP contribution in [-0.2, 0) is 9.59 Å². The monoisotopic (exact) mass is 550 g/mol. The van der Waals surface area contributed by atoms with Gasteiger partial charge in [0.05, 0.1) is 25.8 Å². The van der Waals surface area contributed by atoms with E-state index < -0.39 is 6.04 Å². The molecule has 0 spiro atoms. The minimum Gasteiger partial charge on any atom is -0.493 e. The van der Waals surface area contributed by atoms with Gasteiger partial charge in [-0.3, -0.25) is 14.4 Å². The highest BCUT2D eigenvalue weighted by Crippen LogP contribution is 2.27. The number of hydrogen-bond donors (Lipinski definition) is 3. The summed E-state index contributed by atoms with van der Waals surface area (Å²) in [6.45, 7) is -0.196. The quantitative estimate of drug-likeness (QED) is 0.174. The maximum Gasteiger partial charge on any atom is 0.262 e. The van der Waals surface area contributed by atoms with Crippen LogP contribution >= 0.6 is 0 Å². The molecule has 0 bridgehead atoms. The van der Waals surface area contributed by atoms with Crippen molar-refractivity contribution in [3.05, 3.63) is 126 Å². The van der Waals surface area contributed by atoms with E-state index >= 15 is 0 Å². The summed E-state index contributed by atoms with van der Waals surface area (Å²) < 4.78 is 11.0. The van der Waals surface area contributed by atoms with Gasteiger partial charge in [-0.25, -0.2) is 5.43 Å². The normalized spacial score (nSPS) is 11.3. The predicted molar refractivity (Wildman–Crippen MR) is 157 cm³/mol. The Morgan fingerprint density at radius 1 is 0.805 bits per heavy atom. The fourth-order valence-corrected chi connectivity index (χ4v) is 3.92. The van der Waals surface area contributed by atoms with Crippen LogP contribution in [0.4, 0.5) is 5.69 Å². The first-order valence-corrected chi connectivity index (χ1v) is 12.9. The second-order valence-corrected chi connectivity index (χ2v) is 8.91. The first kappa shape index (κ1) is 28.6. The van der Waals surface area contributed by atoms with Crippen molar-refractivity contribution in [2.24, 2.45) is 5.10 Å². The van der Waals surface area contributed by atoms with Crippen LogP contribution < -0.4 is 25.5 Å². The molecule has 9 nitrogen and oxygen atoms in total. The number of carbonyl (C=O) groups excluding carboxylic acids is 3. The molecule has 0 aliphatic rings. The topological polar surface area (TPSA) is 118 Å². The van der Waals surface area contributed by atoms with Gasteiger partial charge in [-0.15, -0.1) is 0 Å². The molecule has 0 unspecified atom stereocenters. The lowest BCUT2D eigenvalue weighted by Crippen LogP contribution is -2.32. The molecule has 0 fully saturated rings. The number of nitrogens with one attached hydrogen (secondary N) is 3. The van der Waals surface area contributed by atoms with Crippen LogP contribution in [-0.4, -0.2) is 37.7 Å². The summed E-state index contributed by atoms with van der Waals surface area (Å²) in [6, 6.07) is 31.7. The molecule has 0 saturated heterocycles. The smallest absolute Gasteiger partial charge is 0.262 e. The Labute approximate surface area is 238 Å². The van der Waals surface area contributed by atoms with Gasteiger partial charge in [-0.2, -0.15) is 5.10 Å². The molecule has 3 N–H and O–H groups in total. The van der Waals surface area contributed by atoms with Crippen molar-refractivity contribution in [1.29, 1.82) is 0 Å². The predicted octanol–water partition coefficient (Wildman–Crippen LogP) is 4.72. The van der Waals surface area contributed by atoms with Crippen molar-refractivity contribution < 1.29 is 23.9 Å². The van der Waals surface area contributed by atoms with Gasteiger partial charge in [0.25, 0.3) is 11.8 Å². The van der Waals surface area contributed by atoms with Crippen LogP contribution in [0.5, 0.6) is 11.5 Å². The van der Waals surface area contributed by atoms with Crippen molar-refractivity contribution in [3.8, 4) is 11.5 Å². The number of ether oxygens (including phenoxy) is 2. The molecule has 0 aliphatic heterocycles. The Bertz CT molecular complexity index is 1480. The van der Waals surface area contributed by atoms with Crippen molar-refractivity contribution >= 4 is 29.6 Å². The van der Waals surface area contributed by atoms with Gasteiger partial charge in [0.2, 0.25) is 5.91 Å². The number of methoxy groups -OCH3 is 1. The molecule has 0 aromatic heterocycles. The third kappa shape index (κ3) is 8.79. The zero-order valence-electron chi connectivity index (χ0n) is 22.4. The molecule has 0 radical (unpaired) electrons. The summed E-state index contributed by atoms with van der Waals surface area (Å²) in [4.78, 5) is 37.7. The van der Waals surface area contributed by atoms with E-state index in [0.717, 1.165) is 5.56 Å². The lowest BCUT2D eigenvalue weighted by atomic mass is 10.0. The number of rotatable bonds is 12. The molecule has 4 aromatic rings. The SMILES string of the molecule is COc1cc(/C=N\NC(=O)C[C@@H](NC(=O)c2ccccc2)c2ccccc2)ccc1OCC(=O)Nc1ccccc1. The minimum atomic E-state index is -0.547. The summed E-state index contributed by atoms with van der Waals surface area (Å²) in [5.74, 6) is -0.166. The molecule has 1 atom stereocenters. The fraction of sp³-hybridized carbons (Fsp3) is 0.125. The first-order chi connectivity index (χ1) is 20.0.